The van der Waals surface area contributed by atoms with E-state index in [-0.39, 0.29) is 23.5 Å². The molecular formula is C31H23BO2. The van der Waals surface area contributed by atoms with E-state index in [0.717, 1.165) is 23.0 Å². The maximum atomic E-state index is 6.58. The Kier molecular flexibility index (Phi) is 2.70. The molecule has 5 heterocycles. The molecule has 0 aliphatic carbocycles. The minimum atomic E-state index is -0.0696. The lowest BCUT2D eigenvalue weighted by atomic mass is 9.24. The molecule has 0 radical (unpaired) electrons. The van der Waals surface area contributed by atoms with Crippen molar-refractivity contribution in [3.63, 3.8) is 0 Å². The molecule has 5 aliphatic rings. The minimum absolute atomic E-state index is 0.0696. The van der Waals surface area contributed by atoms with Crippen molar-refractivity contribution in [1.82, 2.24) is 0 Å². The first-order chi connectivity index (χ1) is 16.4. The van der Waals surface area contributed by atoms with Crippen molar-refractivity contribution in [2.45, 2.75) is 44.4 Å². The van der Waals surface area contributed by atoms with Gasteiger partial charge in [0.25, 0.3) is 0 Å². The molecule has 3 heteroatoms. The highest BCUT2D eigenvalue weighted by Crippen LogP contribution is 2.59. The highest BCUT2D eigenvalue weighted by Gasteiger charge is 2.56. The van der Waals surface area contributed by atoms with Gasteiger partial charge in [0, 0.05) is 33.4 Å². The summed E-state index contributed by atoms with van der Waals surface area (Å²) in [7, 11) is 0. The molecule has 34 heavy (non-hydrogen) atoms. The zero-order chi connectivity index (χ0) is 22.7. The number of hydrogen-bond acceptors (Lipinski definition) is 2. The Bertz CT molecular complexity index is 1560. The summed E-state index contributed by atoms with van der Waals surface area (Å²) in [4.78, 5) is 0. The zero-order valence-corrected chi connectivity index (χ0v) is 19.7. The molecule has 0 aromatic heterocycles. The van der Waals surface area contributed by atoms with Crippen LogP contribution in [0.1, 0.15) is 72.6 Å². The average molecular weight is 438 g/mol. The third-order valence-electron chi connectivity index (χ3n) is 9.49. The second kappa shape index (κ2) is 5.12. The van der Waals surface area contributed by atoms with Gasteiger partial charge in [-0.05, 0) is 46.5 Å². The molecule has 0 saturated heterocycles. The molecule has 0 unspecified atom stereocenters. The molecule has 0 fully saturated rings. The van der Waals surface area contributed by atoms with Crippen LogP contribution in [0.25, 0.3) is 0 Å². The van der Waals surface area contributed by atoms with E-state index < -0.39 is 0 Å². The van der Waals surface area contributed by atoms with E-state index in [9.17, 15) is 0 Å². The van der Waals surface area contributed by atoms with Gasteiger partial charge in [0.05, 0.1) is 0 Å². The molecule has 0 atom stereocenters. The smallest absolute Gasteiger partial charge is 0.243 e. The molecule has 0 spiro atoms. The summed E-state index contributed by atoms with van der Waals surface area (Å²) in [5.41, 5.74) is 14.1. The predicted octanol–water partition coefficient (Wildman–Crippen LogP) is 5.19. The van der Waals surface area contributed by atoms with E-state index in [1.807, 2.05) is 6.07 Å². The molecule has 0 N–H and O–H groups in total. The fraction of sp³-hybridized carbons (Fsp3) is 0.226. The summed E-state index contributed by atoms with van der Waals surface area (Å²) < 4.78 is 13.2. The molecule has 9 rings (SSSR count). The Morgan fingerprint density at radius 3 is 1.50 bits per heavy atom. The Hall–Kier alpha value is -3.46. The van der Waals surface area contributed by atoms with E-state index in [1.165, 1.54) is 55.3 Å². The van der Waals surface area contributed by atoms with Gasteiger partial charge in [-0.3, -0.25) is 0 Å². The van der Waals surface area contributed by atoms with Crippen molar-refractivity contribution >= 4 is 23.1 Å². The van der Waals surface area contributed by atoms with Crippen LogP contribution >= 0.6 is 0 Å². The van der Waals surface area contributed by atoms with Crippen molar-refractivity contribution in [2.24, 2.45) is 0 Å². The van der Waals surface area contributed by atoms with Crippen LogP contribution < -0.4 is 25.9 Å². The Morgan fingerprint density at radius 1 is 0.529 bits per heavy atom. The molecule has 4 aromatic carbocycles. The molecule has 0 amide bonds. The molecule has 4 aromatic rings. The summed E-state index contributed by atoms with van der Waals surface area (Å²) in [6.45, 7) is 9.84. The quantitative estimate of drug-likeness (QED) is 0.304. The largest absolute Gasteiger partial charge is 0.457 e. The minimum Gasteiger partial charge on any atom is -0.457 e. The predicted molar refractivity (Wildman–Crippen MR) is 136 cm³/mol. The van der Waals surface area contributed by atoms with Crippen LogP contribution in [0.5, 0.6) is 23.0 Å². The maximum absolute atomic E-state index is 6.58. The second-order valence-corrected chi connectivity index (χ2v) is 11.6. The lowest BCUT2D eigenvalue weighted by Crippen LogP contribution is -2.70. The van der Waals surface area contributed by atoms with Crippen LogP contribution in [0.3, 0.4) is 0 Å². The Balaban J connectivity index is 1.55. The number of benzene rings is 4. The Morgan fingerprint density at radius 2 is 0.971 bits per heavy atom. The van der Waals surface area contributed by atoms with Crippen LogP contribution in [0.15, 0.2) is 60.7 Å². The summed E-state index contributed by atoms with van der Waals surface area (Å²) in [6, 6.07) is 22.4. The van der Waals surface area contributed by atoms with E-state index in [2.05, 4.69) is 82.3 Å². The summed E-state index contributed by atoms with van der Waals surface area (Å²) in [5, 5.41) is 0. The number of rotatable bonds is 0. The van der Waals surface area contributed by atoms with E-state index in [4.69, 9.17) is 9.47 Å². The third kappa shape index (κ3) is 1.65. The SMILES string of the molecule is CC1(C)c2cccc3c2B2c4c1ccc1c4C4c5c(cccc5Oc5ccc(c2c54)C3(C)C)O1. The summed E-state index contributed by atoms with van der Waals surface area (Å²) >= 11 is 0. The Labute approximate surface area is 199 Å². The lowest BCUT2D eigenvalue weighted by Gasteiger charge is -2.52. The van der Waals surface area contributed by atoms with Crippen molar-refractivity contribution in [2.75, 3.05) is 0 Å². The second-order valence-electron chi connectivity index (χ2n) is 11.6. The van der Waals surface area contributed by atoms with Crippen LogP contribution in [0, 0.1) is 0 Å². The first-order valence-corrected chi connectivity index (χ1v) is 12.4. The van der Waals surface area contributed by atoms with E-state index >= 15 is 0 Å². The van der Waals surface area contributed by atoms with Gasteiger partial charge in [-0.1, -0.05) is 80.5 Å². The zero-order valence-electron chi connectivity index (χ0n) is 19.7. The molecule has 5 aliphatic heterocycles. The topological polar surface area (TPSA) is 18.5 Å². The highest BCUT2D eigenvalue weighted by atomic mass is 16.5. The van der Waals surface area contributed by atoms with Crippen molar-refractivity contribution in [1.29, 1.82) is 0 Å². The van der Waals surface area contributed by atoms with Crippen LogP contribution in [-0.2, 0) is 10.8 Å². The van der Waals surface area contributed by atoms with Crippen LogP contribution in [0.4, 0.5) is 0 Å². The number of ether oxygens (including phenoxy) is 2. The van der Waals surface area contributed by atoms with Gasteiger partial charge in [-0.15, -0.1) is 0 Å². The van der Waals surface area contributed by atoms with E-state index in [0.29, 0.717) is 0 Å². The molecule has 0 bridgehead atoms. The van der Waals surface area contributed by atoms with Crippen molar-refractivity contribution < 1.29 is 9.47 Å². The van der Waals surface area contributed by atoms with Gasteiger partial charge < -0.3 is 9.47 Å². The van der Waals surface area contributed by atoms with Gasteiger partial charge in [-0.2, -0.15) is 0 Å². The maximum Gasteiger partial charge on any atom is 0.243 e. The van der Waals surface area contributed by atoms with Gasteiger partial charge in [0.1, 0.15) is 23.0 Å². The lowest BCUT2D eigenvalue weighted by molar-refractivity contribution is 0.409. The van der Waals surface area contributed by atoms with Crippen molar-refractivity contribution in [3.8, 4) is 23.0 Å². The monoisotopic (exact) mass is 438 g/mol. The first kappa shape index (κ1) is 17.9. The normalized spacial score (nSPS) is 19.4. The summed E-state index contributed by atoms with van der Waals surface area (Å²) in [6.07, 6.45) is 0. The molecule has 162 valence electrons. The van der Waals surface area contributed by atoms with Gasteiger partial charge >= 0.3 is 0 Å². The summed E-state index contributed by atoms with van der Waals surface area (Å²) in [5.74, 6) is 4.06. The molecular weight excluding hydrogens is 415 g/mol. The first-order valence-electron chi connectivity index (χ1n) is 12.4. The van der Waals surface area contributed by atoms with E-state index in [1.54, 1.807) is 0 Å². The fourth-order valence-electron chi connectivity index (χ4n) is 8.06. The third-order valence-corrected chi connectivity index (χ3v) is 9.49. The van der Waals surface area contributed by atoms with Gasteiger partial charge in [0.2, 0.25) is 6.71 Å². The van der Waals surface area contributed by atoms with Crippen molar-refractivity contribution in [3.05, 3.63) is 99.6 Å². The fourth-order valence-corrected chi connectivity index (χ4v) is 8.06. The highest BCUT2D eigenvalue weighted by molar-refractivity contribution is 6.98. The standard InChI is InChI=1S/C31H23BO2/c1-30(2)15-7-5-8-16-27(15)32-28-17(30)11-13-21-24(28)26-23-19(33-21)9-6-10-20(23)34-22-14-12-18(31(16,3)4)29(32)25(22)26/h5-14,26H,1-4H3. The van der Waals surface area contributed by atoms with Crippen LogP contribution in [0.2, 0.25) is 0 Å². The van der Waals surface area contributed by atoms with Gasteiger partial charge in [-0.25, -0.2) is 0 Å². The van der Waals surface area contributed by atoms with Gasteiger partial charge in [0.15, 0.2) is 0 Å². The molecule has 0 saturated carbocycles. The molecule has 2 nitrogen and oxygen atoms in total. The number of hydrogen-bond donors (Lipinski definition) is 0. The van der Waals surface area contributed by atoms with Crippen LogP contribution in [-0.4, -0.2) is 6.71 Å². The average Bonchev–Trinajstić information content (AvgIpc) is 2.82.